The Balaban J connectivity index is 2.05. The summed E-state index contributed by atoms with van der Waals surface area (Å²) in [5.41, 5.74) is 2.37. The van der Waals surface area contributed by atoms with Crippen molar-refractivity contribution in [3.63, 3.8) is 0 Å². The van der Waals surface area contributed by atoms with Gasteiger partial charge in [-0.1, -0.05) is 13.8 Å². The molecule has 0 fully saturated rings. The lowest BCUT2D eigenvalue weighted by atomic mass is 9.86. The first-order valence-corrected chi connectivity index (χ1v) is 6.79. The zero-order valence-corrected chi connectivity index (χ0v) is 12.5. The van der Waals surface area contributed by atoms with Gasteiger partial charge in [0, 0.05) is 28.8 Å². The first-order chi connectivity index (χ1) is 8.49. The fourth-order valence-electron chi connectivity index (χ4n) is 1.80. The van der Waals surface area contributed by atoms with E-state index in [1.54, 1.807) is 0 Å². The van der Waals surface area contributed by atoms with E-state index in [2.05, 4.69) is 51.1 Å². The summed E-state index contributed by atoms with van der Waals surface area (Å²) in [5, 5.41) is 3.40. The van der Waals surface area contributed by atoms with Crippen molar-refractivity contribution >= 4 is 21.7 Å². The van der Waals surface area contributed by atoms with Crippen LogP contribution in [-0.4, -0.2) is 16.5 Å². The molecule has 0 unspecified atom stereocenters. The number of hydrogen-bond donors (Lipinski definition) is 2. The zero-order chi connectivity index (χ0) is 13.2. The predicted octanol–water partition coefficient (Wildman–Crippen LogP) is 3.87. The number of nitrogens with one attached hydrogen (secondary N) is 2. The Morgan fingerprint density at radius 3 is 2.72 bits per heavy atom. The van der Waals surface area contributed by atoms with Gasteiger partial charge in [-0.15, -0.1) is 0 Å². The number of pyridine rings is 1. The van der Waals surface area contributed by atoms with E-state index in [0.717, 1.165) is 22.5 Å². The molecule has 18 heavy (non-hydrogen) atoms. The number of aryl methyl sites for hydroxylation is 1. The Labute approximate surface area is 116 Å². The monoisotopic (exact) mass is 307 g/mol. The van der Waals surface area contributed by atoms with Crippen LogP contribution in [0.5, 0.6) is 0 Å². The molecule has 2 N–H and O–H groups in total. The number of H-pyrrole nitrogens is 1. The van der Waals surface area contributed by atoms with E-state index in [1.165, 1.54) is 5.56 Å². The van der Waals surface area contributed by atoms with Crippen molar-refractivity contribution < 1.29 is 0 Å². The Morgan fingerprint density at radius 2 is 2.11 bits per heavy atom. The van der Waals surface area contributed by atoms with Gasteiger partial charge in [0.15, 0.2) is 0 Å². The lowest BCUT2D eigenvalue weighted by molar-refractivity contribution is 0.557. The first kappa shape index (κ1) is 13.1. The third-order valence-corrected chi connectivity index (χ3v) is 3.95. The smallest absolute Gasteiger partial charge is 0.126 e. The maximum atomic E-state index is 4.49. The molecule has 0 aromatic carbocycles. The molecule has 2 heterocycles. The third-order valence-electron chi connectivity index (χ3n) is 3.11. The molecular weight excluding hydrogens is 290 g/mol. The van der Waals surface area contributed by atoms with E-state index in [0.29, 0.717) is 0 Å². The van der Waals surface area contributed by atoms with Crippen molar-refractivity contribution in [1.29, 1.82) is 0 Å². The Hall–Kier alpha value is -1.29. The van der Waals surface area contributed by atoms with Crippen LogP contribution in [0.3, 0.4) is 0 Å². The van der Waals surface area contributed by atoms with Crippen molar-refractivity contribution in [2.45, 2.75) is 26.2 Å². The molecule has 2 aromatic rings. The fourth-order valence-corrected chi connectivity index (χ4v) is 2.02. The normalized spacial score (nSPS) is 11.6. The molecule has 0 aliphatic carbocycles. The molecule has 3 nitrogen and oxygen atoms in total. The van der Waals surface area contributed by atoms with Gasteiger partial charge in [-0.2, -0.15) is 0 Å². The number of halogens is 1. The van der Waals surface area contributed by atoms with Crippen LogP contribution in [-0.2, 0) is 5.41 Å². The van der Waals surface area contributed by atoms with Crippen molar-refractivity contribution in [1.82, 2.24) is 9.97 Å². The molecule has 0 bridgehead atoms. The van der Waals surface area contributed by atoms with Gasteiger partial charge in [-0.05, 0) is 46.6 Å². The predicted molar refractivity (Wildman–Crippen MR) is 79.0 cm³/mol. The standard InChI is InChI=1S/C14H18BrN3/c1-10-12(15)4-5-13(18-10)17-9-14(2,3)11-6-7-16-8-11/h4-8,16H,9H2,1-3H3,(H,17,18). The molecular formula is C14H18BrN3. The van der Waals surface area contributed by atoms with Crippen LogP contribution in [0.4, 0.5) is 5.82 Å². The second kappa shape index (κ2) is 5.14. The topological polar surface area (TPSA) is 40.7 Å². The van der Waals surface area contributed by atoms with Crippen LogP contribution in [0.25, 0.3) is 0 Å². The van der Waals surface area contributed by atoms with Gasteiger partial charge < -0.3 is 10.3 Å². The van der Waals surface area contributed by atoms with E-state index in [4.69, 9.17) is 0 Å². The molecule has 0 amide bonds. The Bertz CT molecular complexity index is 518. The summed E-state index contributed by atoms with van der Waals surface area (Å²) in [6.45, 7) is 7.27. The SMILES string of the molecule is Cc1nc(NCC(C)(C)c2cc[nH]c2)ccc1Br. The maximum Gasteiger partial charge on any atom is 0.126 e. The van der Waals surface area contributed by atoms with Gasteiger partial charge >= 0.3 is 0 Å². The quantitative estimate of drug-likeness (QED) is 0.900. The molecule has 4 heteroatoms. The second-order valence-corrected chi connectivity index (χ2v) is 5.96. The minimum Gasteiger partial charge on any atom is -0.369 e. The molecule has 0 radical (unpaired) electrons. The number of rotatable bonds is 4. The highest BCUT2D eigenvalue weighted by atomic mass is 79.9. The summed E-state index contributed by atoms with van der Waals surface area (Å²) in [6.07, 6.45) is 4.00. The molecule has 0 saturated carbocycles. The number of aromatic amines is 1. The first-order valence-electron chi connectivity index (χ1n) is 5.99. The van der Waals surface area contributed by atoms with Crippen LogP contribution >= 0.6 is 15.9 Å². The summed E-state index contributed by atoms with van der Waals surface area (Å²) >= 11 is 3.46. The molecule has 0 atom stereocenters. The van der Waals surface area contributed by atoms with Crippen LogP contribution < -0.4 is 5.32 Å². The van der Waals surface area contributed by atoms with Gasteiger partial charge in [0.1, 0.15) is 5.82 Å². The molecule has 0 saturated heterocycles. The van der Waals surface area contributed by atoms with Crippen LogP contribution in [0.2, 0.25) is 0 Å². The van der Waals surface area contributed by atoms with Gasteiger partial charge in [0.05, 0.1) is 5.69 Å². The van der Waals surface area contributed by atoms with Gasteiger partial charge in [0.25, 0.3) is 0 Å². The minimum atomic E-state index is 0.0721. The molecule has 96 valence electrons. The second-order valence-electron chi connectivity index (χ2n) is 5.10. The zero-order valence-electron chi connectivity index (χ0n) is 10.9. The fraction of sp³-hybridized carbons (Fsp3) is 0.357. The summed E-state index contributed by atoms with van der Waals surface area (Å²) in [6, 6.07) is 6.13. The van der Waals surface area contributed by atoms with E-state index >= 15 is 0 Å². The lowest BCUT2D eigenvalue weighted by Crippen LogP contribution is -2.27. The van der Waals surface area contributed by atoms with Crippen LogP contribution in [0, 0.1) is 6.92 Å². The highest BCUT2D eigenvalue weighted by Crippen LogP contribution is 2.23. The number of anilines is 1. The number of hydrogen-bond acceptors (Lipinski definition) is 2. The van der Waals surface area contributed by atoms with Gasteiger partial charge in [-0.3, -0.25) is 0 Å². The van der Waals surface area contributed by atoms with E-state index in [1.807, 2.05) is 31.5 Å². The highest BCUT2D eigenvalue weighted by Gasteiger charge is 2.20. The largest absolute Gasteiger partial charge is 0.369 e. The molecule has 2 aromatic heterocycles. The van der Waals surface area contributed by atoms with Crippen molar-refractivity contribution in [2.24, 2.45) is 0 Å². The van der Waals surface area contributed by atoms with Crippen LogP contribution in [0.1, 0.15) is 25.1 Å². The summed E-state index contributed by atoms with van der Waals surface area (Å²) in [5.74, 6) is 0.916. The average molecular weight is 308 g/mol. The van der Waals surface area contributed by atoms with Gasteiger partial charge in [0.2, 0.25) is 0 Å². The third kappa shape index (κ3) is 2.93. The van der Waals surface area contributed by atoms with Crippen molar-refractivity contribution in [2.75, 3.05) is 11.9 Å². The molecule has 0 spiro atoms. The Kier molecular flexibility index (Phi) is 3.76. The van der Waals surface area contributed by atoms with Gasteiger partial charge in [-0.25, -0.2) is 4.98 Å². The highest BCUT2D eigenvalue weighted by molar-refractivity contribution is 9.10. The van der Waals surface area contributed by atoms with E-state index in [-0.39, 0.29) is 5.41 Å². The number of nitrogens with zero attached hydrogens (tertiary/aromatic N) is 1. The average Bonchev–Trinajstić information content (AvgIpc) is 2.85. The summed E-state index contributed by atoms with van der Waals surface area (Å²) in [4.78, 5) is 7.59. The molecule has 0 aliphatic heterocycles. The maximum absolute atomic E-state index is 4.49. The lowest BCUT2D eigenvalue weighted by Gasteiger charge is -2.24. The number of aromatic nitrogens is 2. The van der Waals surface area contributed by atoms with Crippen LogP contribution in [0.15, 0.2) is 35.1 Å². The van der Waals surface area contributed by atoms with Crippen molar-refractivity contribution in [3.8, 4) is 0 Å². The molecule has 0 aliphatic rings. The van der Waals surface area contributed by atoms with E-state index < -0.39 is 0 Å². The minimum absolute atomic E-state index is 0.0721. The van der Waals surface area contributed by atoms with Crippen molar-refractivity contribution in [3.05, 3.63) is 46.3 Å². The molecule has 2 rings (SSSR count). The summed E-state index contributed by atoms with van der Waals surface area (Å²) in [7, 11) is 0. The van der Waals surface area contributed by atoms with E-state index in [9.17, 15) is 0 Å². The Morgan fingerprint density at radius 1 is 1.33 bits per heavy atom. The summed E-state index contributed by atoms with van der Waals surface area (Å²) < 4.78 is 1.04.